The molecular formula is C15H15BrN2O. The van der Waals surface area contributed by atoms with Gasteiger partial charge in [-0.05, 0) is 72.1 Å². The van der Waals surface area contributed by atoms with Crippen LogP contribution in [0.3, 0.4) is 0 Å². The molecule has 0 bridgehead atoms. The molecule has 1 aromatic carbocycles. The zero-order valence-electron chi connectivity index (χ0n) is 11.1. The summed E-state index contributed by atoms with van der Waals surface area (Å²) < 4.78 is 0.786. The third-order valence-electron chi connectivity index (χ3n) is 2.71. The molecule has 19 heavy (non-hydrogen) atoms. The first-order chi connectivity index (χ1) is 8.95. The van der Waals surface area contributed by atoms with E-state index in [0.29, 0.717) is 11.4 Å². The Bertz CT molecular complexity index is 618. The quantitative estimate of drug-likeness (QED) is 0.908. The van der Waals surface area contributed by atoms with Crippen molar-refractivity contribution in [2.45, 2.75) is 20.8 Å². The van der Waals surface area contributed by atoms with E-state index in [4.69, 9.17) is 0 Å². The number of halogens is 1. The number of aryl methyl sites for hydroxylation is 3. The van der Waals surface area contributed by atoms with Crippen LogP contribution in [0, 0.1) is 20.8 Å². The lowest BCUT2D eigenvalue weighted by atomic mass is 10.1. The third-order valence-corrected chi connectivity index (χ3v) is 3.36. The second kappa shape index (κ2) is 5.53. The van der Waals surface area contributed by atoms with Crippen LogP contribution in [0.1, 0.15) is 27.2 Å². The minimum atomic E-state index is -0.163. The van der Waals surface area contributed by atoms with E-state index in [1.807, 2.05) is 45.0 Å². The topological polar surface area (TPSA) is 42.0 Å². The summed E-state index contributed by atoms with van der Waals surface area (Å²) in [6, 6.07) is 9.46. The number of aromatic nitrogens is 1. The summed E-state index contributed by atoms with van der Waals surface area (Å²) in [5.74, 6) is 0.416. The van der Waals surface area contributed by atoms with Gasteiger partial charge in [0.2, 0.25) is 0 Å². The molecule has 0 saturated carbocycles. The SMILES string of the molecule is Cc1cc(C)nc(NC(=O)c2ccc(C)cc2Br)c1. The van der Waals surface area contributed by atoms with Crippen LogP contribution in [0.5, 0.6) is 0 Å². The number of hydrogen-bond donors (Lipinski definition) is 1. The van der Waals surface area contributed by atoms with Crippen molar-refractivity contribution in [2.24, 2.45) is 0 Å². The minimum Gasteiger partial charge on any atom is -0.307 e. The largest absolute Gasteiger partial charge is 0.307 e. The number of nitrogens with zero attached hydrogens (tertiary/aromatic N) is 1. The molecular weight excluding hydrogens is 304 g/mol. The monoisotopic (exact) mass is 318 g/mol. The molecule has 0 spiro atoms. The lowest BCUT2D eigenvalue weighted by Gasteiger charge is -2.08. The highest BCUT2D eigenvalue weighted by Crippen LogP contribution is 2.20. The van der Waals surface area contributed by atoms with Crippen molar-refractivity contribution in [3.05, 3.63) is 57.2 Å². The van der Waals surface area contributed by atoms with Crippen LogP contribution >= 0.6 is 15.9 Å². The average molecular weight is 319 g/mol. The van der Waals surface area contributed by atoms with E-state index < -0.39 is 0 Å². The van der Waals surface area contributed by atoms with E-state index in [9.17, 15) is 4.79 Å². The van der Waals surface area contributed by atoms with Gasteiger partial charge in [0.05, 0.1) is 5.56 Å². The van der Waals surface area contributed by atoms with Crippen LogP contribution in [0.15, 0.2) is 34.8 Å². The molecule has 0 radical (unpaired) electrons. The standard InChI is InChI=1S/C15H15BrN2O/c1-9-4-5-12(13(16)7-9)15(19)18-14-8-10(2)6-11(3)17-14/h4-8H,1-3H3,(H,17,18,19). The van der Waals surface area contributed by atoms with Gasteiger partial charge in [0, 0.05) is 10.2 Å². The van der Waals surface area contributed by atoms with Gasteiger partial charge in [-0.15, -0.1) is 0 Å². The van der Waals surface area contributed by atoms with Gasteiger partial charge in [-0.25, -0.2) is 4.98 Å². The summed E-state index contributed by atoms with van der Waals surface area (Å²) in [5.41, 5.74) is 3.67. The smallest absolute Gasteiger partial charge is 0.257 e. The Morgan fingerprint density at radius 2 is 1.84 bits per heavy atom. The van der Waals surface area contributed by atoms with Gasteiger partial charge in [-0.3, -0.25) is 4.79 Å². The van der Waals surface area contributed by atoms with Crippen LogP contribution in [-0.2, 0) is 0 Å². The van der Waals surface area contributed by atoms with Gasteiger partial charge in [0.15, 0.2) is 0 Å². The van der Waals surface area contributed by atoms with E-state index in [2.05, 4.69) is 26.2 Å². The first-order valence-electron chi connectivity index (χ1n) is 5.98. The molecule has 1 N–H and O–H groups in total. The highest BCUT2D eigenvalue weighted by molar-refractivity contribution is 9.10. The predicted octanol–water partition coefficient (Wildman–Crippen LogP) is 4.02. The van der Waals surface area contributed by atoms with Crippen LogP contribution in [0.25, 0.3) is 0 Å². The first-order valence-corrected chi connectivity index (χ1v) is 6.78. The number of rotatable bonds is 2. The minimum absolute atomic E-state index is 0.163. The Balaban J connectivity index is 2.25. The number of pyridine rings is 1. The van der Waals surface area contributed by atoms with Crippen molar-refractivity contribution < 1.29 is 4.79 Å². The number of amides is 1. The van der Waals surface area contributed by atoms with Crippen molar-refractivity contribution in [2.75, 3.05) is 5.32 Å². The fourth-order valence-corrected chi connectivity index (χ4v) is 2.57. The Morgan fingerprint density at radius 1 is 1.11 bits per heavy atom. The maximum atomic E-state index is 12.2. The number of hydrogen-bond acceptors (Lipinski definition) is 2. The lowest BCUT2D eigenvalue weighted by molar-refractivity contribution is 0.102. The Hall–Kier alpha value is -1.68. The summed E-state index contributed by atoms with van der Waals surface area (Å²) in [6.45, 7) is 5.87. The molecule has 0 aliphatic rings. The fraction of sp³-hybridized carbons (Fsp3) is 0.200. The number of carbonyl (C=O) groups is 1. The summed E-state index contributed by atoms with van der Waals surface area (Å²) in [5, 5.41) is 2.82. The van der Waals surface area contributed by atoms with Gasteiger partial charge in [-0.1, -0.05) is 6.07 Å². The summed E-state index contributed by atoms with van der Waals surface area (Å²) in [7, 11) is 0. The third kappa shape index (κ3) is 3.41. The van der Waals surface area contributed by atoms with Crippen LogP contribution < -0.4 is 5.32 Å². The second-order valence-corrected chi connectivity index (χ2v) is 5.46. The molecule has 0 unspecified atom stereocenters. The maximum absolute atomic E-state index is 12.2. The zero-order valence-corrected chi connectivity index (χ0v) is 12.7. The van der Waals surface area contributed by atoms with Gasteiger partial charge in [-0.2, -0.15) is 0 Å². The van der Waals surface area contributed by atoms with E-state index in [-0.39, 0.29) is 5.91 Å². The highest BCUT2D eigenvalue weighted by Gasteiger charge is 2.11. The molecule has 0 atom stereocenters. The summed E-state index contributed by atoms with van der Waals surface area (Å²) in [6.07, 6.45) is 0. The highest BCUT2D eigenvalue weighted by atomic mass is 79.9. The molecule has 98 valence electrons. The Labute approximate surface area is 121 Å². The molecule has 1 aromatic heterocycles. The summed E-state index contributed by atoms with van der Waals surface area (Å²) >= 11 is 3.41. The molecule has 1 amide bonds. The summed E-state index contributed by atoms with van der Waals surface area (Å²) in [4.78, 5) is 16.5. The molecule has 1 heterocycles. The molecule has 0 fully saturated rings. The number of benzene rings is 1. The molecule has 0 saturated heterocycles. The van der Waals surface area contributed by atoms with Crippen molar-refractivity contribution in [1.29, 1.82) is 0 Å². The number of anilines is 1. The van der Waals surface area contributed by atoms with Crippen molar-refractivity contribution in [3.63, 3.8) is 0 Å². The molecule has 2 aromatic rings. The average Bonchev–Trinajstić information content (AvgIpc) is 2.26. The van der Waals surface area contributed by atoms with E-state index >= 15 is 0 Å². The Morgan fingerprint density at radius 3 is 2.47 bits per heavy atom. The normalized spacial score (nSPS) is 10.3. The zero-order chi connectivity index (χ0) is 14.0. The number of nitrogens with one attached hydrogen (secondary N) is 1. The van der Waals surface area contributed by atoms with E-state index in [1.165, 1.54) is 0 Å². The first kappa shape index (κ1) is 13.7. The molecule has 0 aliphatic heterocycles. The fourth-order valence-electron chi connectivity index (χ4n) is 1.89. The van der Waals surface area contributed by atoms with Gasteiger partial charge in [0.25, 0.3) is 5.91 Å². The molecule has 0 aliphatic carbocycles. The van der Waals surface area contributed by atoms with Gasteiger partial charge < -0.3 is 5.32 Å². The van der Waals surface area contributed by atoms with Gasteiger partial charge >= 0.3 is 0 Å². The van der Waals surface area contributed by atoms with Gasteiger partial charge in [0.1, 0.15) is 5.82 Å². The van der Waals surface area contributed by atoms with Crippen LogP contribution in [-0.4, -0.2) is 10.9 Å². The van der Waals surface area contributed by atoms with Crippen LogP contribution in [0.4, 0.5) is 5.82 Å². The Kier molecular flexibility index (Phi) is 4.00. The predicted molar refractivity (Wildman–Crippen MR) is 80.5 cm³/mol. The lowest BCUT2D eigenvalue weighted by Crippen LogP contribution is -2.14. The van der Waals surface area contributed by atoms with Crippen molar-refractivity contribution in [1.82, 2.24) is 4.98 Å². The maximum Gasteiger partial charge on any atom is 0.257 e. The molecule has 3 nitrogen and oxygen atoms in total. The van der Waals surface area contributed by atoms with E-state index in [1.54, 1.807) is 6.07 Å². The van der Waals surface area contributed by atoms with E-state index in [0.717, 1.165) is 21.3 Å². The van der Waals surface area contributed by atoms with Crippen molar-refractivity contribution >= 4 is 27.7 Å². The molecule has 4 heteroatoms. The van der Waals surface area contributed by atoms with Crippen LogP contribution in [0.2, 0.25) is 0 Å². The second-order valence-electron chi connectivity index (χ2n) is 4.61. The van der Waals surface area contributed by atoms with Crippen molar-refractivity contribution in [3.8, 4) is 0 Å². The molecule has 2 rings (SSSR count). The number of carbonyl (C=O) groups excluding carboxylic acids is 1.